The van der Waals surface area contributed by atoms with Crippen LogP contribution in [0.25, 0.3) is 0 Å². The average molecular weight is 556 g/mol. The molecule has 5 rings (SSSR count). The predicted octanol–water partition coefficient (Wildman–Crippen LogP) is 6.74. The van der Waals surface area contributed by atoms with Gasteiger partial charge in [-0.3, -0.25) is 4.79 Å². The molecule has 0 aliphatic heterocycles. The molecule has 0 aromatic heterocycles. The van der Waals surface area contributed by atoms with Crippen LogP contribution in [0.5, 0.6) is 0 Å². The number of fused-ring (bicyclic) bond motifs is 4. The minimum absolute atomic E-state index is 0.0121. The van der Waals surface area contributed by atoms with E-state index in [0.717, 1.165) is 36.8 Å². The zero-order valence-corrected chi connectivity index (χ0v) is 24.1. The fraction of sp³-hybridized carbons (Fsp3) is 0.606. The van der Waals surface area contributed by atoms with Gasteiger partial charge in [0.2, 0.25) is 0 Å². The Labute approximate surface area is 235 Å². The molecular formula is C33H40F3NO3. The van der Waals surface area contributed by atoms with Crippen molar-refractivity contribution in [3.05, 3.63) is 52.6 Å². The number of alkyl halides is 3. The molecule has 40 heavy (non-hydrogen) atoms. The maximum atomic E-state index is 13.0. The molecule has 0 saturated heterocycles. The molecule has 4 aliphatic carbocycles. The summed E-state index contributed by atoms with van der Waals surface area (Å²) in [6.45, 7) is 4.94. The van der Waals surface area contributed by atoms with E-state index in [4.69, 9.17) is 4.74 Å². The summed E-state index contributed by atoms with van der Waals surface area (Å²) in [6, 6.07) is 7.42. The number of ketones is 1. The van der Waals surface area contributed by atoms with Crippen molar-refractivity contribution in [1.82, 2.24) is 0 Å². The third kappa shape index (κ3) is 5.14. The molecule has 0 amide bonds. The Hall–Kier alpha value is -2.56. The maximum Gasteiger partial charge on any atom is 0.405 e. The van der Waals surface area contributed by atoms with Crippen molar-refractivity contribution in [3.8, 4) is 11.8 Å². The number of carbonyl (C=O) groups is 1. The first-order valence-electron chi connectivity index (χ1n) is 14.3. The number of benzene rings is 1. The highest BCUT2D eigenvalue weighted by Crippen LogP contribution is 2.66. The van der Waals surface area contributed by atoms with Gasteiger partial charge in [0.25, 0.3) is 0 Å². The van der Waals surface area contributed by atoms with Gasteiger partial charge in [-0.15, -0.1) is 0 Å². The second kappa shape index (κ2) is 10.1. The molecule has 216 valence electrons. The lowest BCUT2D eigenvalue weighted by Crippen LogP contribution is -2.51. The summed E-state index contributed by atoms with van der Waals surface area (Å²) in [5.41, 5.74) is 3.03. The Kier molecular flexibility index (Phi) is 7.28. The molecule has 0 bridgehead atoms. The minimum Gasteiger partial charge on any atom is -0.377 e. The molecule has 5 atom stereocenters. The summed E-state index contributed by atoms with van der Waals surface area (Å²) in [4.78, 5) is 13.5. The van der Waals surface area contributed by atoms with E-state index in [1.54, 1.807) is 19.2 Å². The molecule has 2 saturated carbocycles. The third-order valence-corrected chi connectivity index (χ3v) is 10.1. The van der Waals surface area contributed by atoms with Crippen molar-refractivity contribution in [2.24, 2.45) is 17.3 Å². The van der Waals surface area contributed by atoms with Gasteiger partial charge in [0.05, 0.1) is 0 Å². The summed E-state index contributed by atoms with van der Waals surface area (Å²) in [5.74, 6) is 7.14. The molecule has 2 fully saturated rings. The second-order valence-corrected chi connectivity index (χ2v) is 12.9. The van der Waals surface area contributed by atoms with Crippen LogP contribution >= 0.6 is 0 Å². The number of methoxy groups -OCH3 is 1. The van der Waals surface area contributed by atoms with E-state index in [1.807, 2.05) is 32.1 Å². The van der Waals surface area contributed by atoms with Gasteiger partial charge in [-0.25, -0.2) is 0 Å². The quantitative estimate of drug-likeness (QED) is 0.418. The number of ether oxygens (including phenoxy) is 1. The van der Waals surface area contributed by atoms with Crippen LogP contribution in [0.2, 0.25) is 0 Å². The van der Waals surface area contributed by atoms with Crippen LogP contribution in [0.3, 0.4) is 0 Å². The maximum absolute atomic E-state index is 13.0. The molecule has 7 heteroatoms. The van der Waals surface area contributed by atoms with Crippen LogP contribution in [0, 0.1) is 29.1 Å². The van der Waals surface area contributed by atoms with E-state index in [-0.39, 0.29) is 23.5 Å². The van der Waals surface area contributed by atoms with Crippen LogP contribution in [0.1, 0.15) is 77.2 Å². The van der Waals surface area contributed by atoms with Gasteiger partial charge in [-0.2, -0.15) is 13.2 Å². The first-order valence-corrected chi connectivity index (χ1v) is 14.3. The lowest BCUT2D eigenvalue weighted by atomic mass is 9.51. The zero-order valence-electron chi connectivity index (χ0n) is 24.1. The number of rotatable bonds is 4. The van der Waals surface area contributed by atoms with Gasteiger partial charge < -0.3 is 14.7 Å². The first-order chi connectivity index (χ1) is 18.7. The number of hydrogen-bond donors (Lipinski definition) is 1. The van der Waals surface area contributed by atoms with Crippen molar-refractivity contribution < 1.29 is 27.8 Å². The van der Waals surface area contributed by atoms with E-state index in [2.05, 4.69) is 18.8 Å². The smallest absolute Gasteiger partial charge is 0.377 e. The summed E-state index contributed by atoms with van der Waals surface area (Å²) >= 11 is 0. The summed E-state index contributed by atoms with van der Waals surface area (Å²) < 4.78 is 44.6. The highest BCUT2D eigenvalue weighted by Gasteiger charge is 2.62. The highest BCUT2D eigenvalue weighted by molar-refractivity contribution is 5.93. The number of aliphatic hydroxyl groups is 1. The number of halogens is 3. The van der Waals surface area contributed by atoms with E-state index < -0.39 is 29.3 Å². The highest BCUT2D eigenvalue weighted by atomic mass is 19.4. The molecule has 4 nitrogen and oxygen atoms in total. The van der Waals surface area contributed by atoms with Gasteiger partial charge >= 0.3 is 6.18 Å². The molecule has 0 heterocycles. The number of anilines is 1. The van der Waals surface area contributed by atoms with Crippen molar-refractivity contribution in [1.29, 1.82) is 0 Å². The molecule has 1 N–H and O–H groups in total. The number of hydrogen-bond acceptors (Lipinski definition) is 4. The Morgan fingerprint density at radius 1 is 1.12 bits per heavy atom. The number of nitrogens with zero attached hydrogens (tertiary/aromatic N) is 1. The standard InChI is InChI=1S/C33H40F3NO3/c1-30(2,40-5)16-17-32(39)15-14-28-26-12-8-22-18-24(38)11-13-25(22)29(26)27(19-31(28,32)3)21-6-9-23(10-7-21)37(4)20-33(34,35)36/h6-7,9-10,18,26-28,39H,8,11-15,19-20H2,1-5H3/t26-,27+,28?,31-,32+/m0/s1. The van der Waals surface area contributed by atoms with Crippen LogP contribution in [0.15, 0.2) is 47.1 Å². The van der Waals surface area contributed by atoms with Crippen molar-refractivity contribution in [2.45, 2.75) is 89.0 Å². The third-order valence-electron chi connectivity index (χ3n) is 10.1. The van der Waals surface area contributed by atoms with Crippen molar-refractivity contribution >= 4 is 11.5 Å². The largest absolute Gasteiger partial charge is 0.405 e. The Morgan fingerprint density at radius 2 is 1.82 bits per heavy atom. The minimum atomic E-state index is -4.28. The van der Waals surface area contributed by atoms with Crippen LogP contribution in [-0.4, -0.2) is 49.0 Å². The SMILES string of the molecule is COC(C)(C)C#C[C@]1(O)CCC2[C@@H]3CCC4=CC(=O)CCC4=C3[C@@H](c3ccc(N(C)CC(F)(F)F)cc3)C[C@@]21C. The molecule has 1 aromatic carbocycles. The Balaban J connectivity index is 1.59. The van der Waals surface area contributed by atoms with E-state index in [1.165, 1.54) is 23.1 Å². The number of allylic oxidation sites excluding steroid dienone is 4. The lowest BCUT2D eigenvalue weighted by molar-refractivity contribution is -0.119. The summed E-state index contributed by atoms with van der Waals surface area (Å²) in [5, 5.41) is 12.1. The zero-order chi connectivity index (χ0) is 29.1. The molecule has 4 aliphatic rings. The fourth-order valence-electron chi connectivity index (χ4n) is 7.80. The Morgan fingerprint density at radius 3 is 2.48 bits per heavy atom. The van der Waals surface area contributed by atoms with E-state index >= 15 is 0 Å². The topological polar surface area (TPSA) is 49.8 Å². The summed E-state index contributed by atoms with van der Waals surface area (Å²) in [6.07, 6.45) is 2.72. The second-order valence-electron chi connectivity index (χ2n) is 12.9. The average Bonchev–Trinajstić information content (AvgIpc) is 3.16. The molecule has 1 aromatic rings. The van der Waals surface area contributed by atoms with Gasteiger partial charge in [0, 0.05) is 37.6 Å². The van der Waals surface area contributed by atoms with Gasteiger partial charge in [-0.1, -0.05) is 36.5 Å². The van der Waals surface area contributed by atoms with Gasteiger partial charge in [-0.05, 0) is 99.1 Å². The first kappa shape index (κ1) is 29.0. The van der Waals surface area contributed by atoms with Gasteiger partial charge in [0.1, 0.15) is 17.7 Å². The van der Waals surface area contributed by atoms with E-state index in [0.29, 0.717) is 24.9 Å². The van der Waals surface area contributed by atoms with Crippen LogP contribution in [-0.2, 0) is 9.53 Å². The van der Waals surface area contributed by atoms with Crippen LogP contribution < -0.4 is 4.90 Å². The molecular weight excluding hydrogens is 515 g/mol. The number of carbonyl (C=O) groups excluding carboxylic acids is 1. The normalized spacial score (nSPS) is 32.0. The molecule has 0 spiro atoms. The lowest BCUT2D eigenvalue weighted by Gasteiger charge is -2.53. The van der Waals surface area contributed by atoms with E-state index in [9.17, 15) is 23.1 Å². The van der Waals surface area contributed by atoms with Gasteiger partial charge in [0.15, 0.2) is 5.78 Å². The predicted molar refractivity (Wildman–Crippen MR) is 150 cm³/mol. The van der Waals surface area contributed by atoms with Crippen molar-refractivity contribution in [3.63, 3.8) is 0 Å². The fourth-order valence-corrected chi connectivity index (χ4v) is 7.80. The van der Waals surface area contributed by atoms with Crippen LogP contribution in [0.4, 0.5) is 18.9 Å². The van der Waals surface area contributed by atoms with Crippen molar-refractivity contribution in [2.75, 3.05) is 25.6 Å². The monoisotopic (exact) mass is 555 g/mol. The summed E-state index contributed by atoms with van der Waals surface area (Å²) in [7, 11) is 3.07. The molecule has 1 unspecified atom stereocenters. The Bertz CT molecular complexity index is 1300. The molecule has 0 radical (unpaired) electrons.